The Morgan fingerprint density at radius 2 is 2.29 bits per heavy atom. The van der Waals surface area contributed by atoms with E-state index in [-0.39, 0.29) is 0 Å². The minimum Gasteiger partial charge on any atom is -0.358 e. The first-order chi connectivity index (χ1) is 6.66. The SMILES string of the molecule is [B]c1nn(COCCSC)c([B])c1I. The fraction of sp³-hybridized carbons (Fsp3) is 0.571. The lowest BCUT2D eigenvalue weighted by atomic mass is 9.99. The van der Waals surface area contributed by atoms with Crippen molar-refractivity contribution in [1.82, 2.24) is 9.78 Å². The molecule has 0 spiro atoms. The maximum Gasteiger partial charge on any atom is 0.145 e. The van der Waals surface area contributed by atoms with Crippen LogP contribution in [-0.4, -0.2) is 44.1 Å². The van der Waals surface area contributed by atoms with Crippen molar-refractivity contribution in [2.75, 3.05) is 18.6 Å². The highest BCUT2D eigenvalue weighted by Crippen LogP contribution is 1.96. The molecule has 0 unspecified atom stereocenters. The van der Waals surface area contributed by atoms with Crippen LogP contribution in [0.4, 0.5) is 0 Å². The molecule has 0 amide bonds. The Kier molecular flexibility index (Phi) is 5.40. The van der Waals surface area contributed by atoms with Gasteiger partial charge in [0.05, 0.1) is 6.61 Å². The number of hydrogen-bond acceptors (Lipinski definition) is 3. The van der Waals surface area contributed by atoms with Crippen molar-refractivity contribution in [3.05, 3.63) is 3.57 Å². The van der Waals surface area contributed by atoms with Gasteiger partial charge in [0.15, 0.2) is 0 Å². The third kappa shape index (κ3) is 3.20. The highest BCUT2D eigenvalue weighted by Gasteiger charge is 2.06. The maximum atomic E-state index is 5.75. The molecule has 0 saturated carbocycles. The van der Waals surface area contributed by atoms with Crippen LogP contribution < -0.4 is 11.2 Å². The van der Waals surface area contributed by atoms with E-state index in [0.29, 0.717) is 24.5 Å². The molecule has 1 aromatic heterocycles. The van der Waals surface area contributed by atoms with Crippen molar-refractivity contribution < 1.29 is 4.74 Å². The van der Waals surface area contributed by atoms with E-state index in [4.69, 9.17) is 20.4 Å². The average molecular weight is 318 g/mol. The van der Waals surface area contributed by atoms with Crippen molar-refractivity contribution in [3.63, 3.8) is 0 Å². The third-order valence-corrected chi connectivity index (χ3v) is 3.28. The maximum absolute atomic E-state index is 5.75. The molecule has 4 radical (unpaired) electrons. The van der Waals surface area contributed by atoms with Gasteiger partial charge in [0.1, 0.15) is 22.4 Å². The third-order valence-electron chi connectivity index (χ3n) is 1.60. The predicted octanol–water partition coefficient (Wildman–Crippen LogP) is -0.588. The van der Waals surface area contributed by atoms with Crippen molar-refractivity contribution in [2.24, 2.45) is 0 Å². The highest BCUT2D eigenvalue weighted by molar-refractivity contribution is 14.1. The molecule has 1 aromatic rings. The Balaban J connectivity index is 2.47. The molecule has 1 heterocycles. The van der Waals surface area contributed by atoms with Gasteiger partial charge in [-0.3, -0.25) is 4.68 Å². The van der Waals surface area contributed by atoms with E-state index < -0.39 is 0 Å². The summed E-state index contributed by atoms with van der Waals surface area (Å²) in [5.74, 6) is 0.966. The Morgan fingerprint density at radius 1 is 1.57 bits per heavy atom. The van der Waals surface area contributed by atoms with Crippen LogP contribution in [0.2, 0.25) is 0 Å². The molecule has 0 aliphatic heterocycles. The number of halogens is 1. The second kappa shape index (κ2) is 6.07. The molecular weight excluding hydrogens is 309 g/mol. The van der Waals surface area contributed by atoms with Gasteiger partial charge in [-0.25, -0.2) is 0 Å². The molecule has 7 heteroatoms. The average Bonchev–Trinajstić information content (AvgIpc) is 2.41. The van der Waals surface area contributed by atoms with E-state index in [0.717, 1.165) is 9.32 Å². The molecule has 0 saturated heterocycles. The molecule has 1 rings (SSSR count). The van der Waals surface area contributed by atoms with Crippen molar-refractivity contribution in [2.45, 2.75) is 6.73 Å². The second-order valence-corrected chi connectivity index (χ2v) is 4.68. The van der Waals surface area contributed by atoms with Gasteiger partial charge in [-0.1, -0.05) is 0 Å². The summed E-state index contributed by atoms with van der Waals surface area (Å²) in [5, 5.41) is 4.04. The number of ether oxygens (including phenoxy) is 1. The van der Waals surface area contributed by atoms with Crippen LogP contribution in [0.15, 0.2) is 0 Å². The quantitative estimate of drug-likeness (QED) is 0.413. The van der Waals surface area contributed by atoms with Gasteiger partial charge < -0.3 is 4.74 Å². The summed E-state index contributed by atoms with van der Waals surface area (Å²) >= 11 is 3.80. The molecule has 3 nitrogen and oxygen atoms in total. The fourth-order valence-corrected chi connectivity index (χ4v) is 1.53. The van der Waals surface area contributed by atoms with E-state index in [1.54, 1.807) is 16.4 Å². The number of nitrogens with zero attached hydrogens (tertiary/aromatic N) is 2. The van der Waals surface area contributed by atoms with Gasteiger partial charge in [0, 0.05) is 20.5 Å². The monoisotopic (exact) mass is 318 g/mol. The largest absolute Gasteiger partial charge is 0.358 e. The lowest BCUT2D eigenvalue weighted by molar-refractivity contribution is 0.0837. The van der Waals surface area contributed by atoms with Crippen molar-refractivity contribution in [3.8, 4) is 0 Å². The Bertz CT molecular complexity index is 308. The molecule has 0 bridgehead atoms. The summed E-state index contributed by atoms with van der Waals surface area (Å²) in [4.78, 5) is 0. The lowest BCUT2D eigenvalue weighted by Crippen LogP contribution is -2.22. The lowest BCUT2D eigenvalue weighted by Gasteiger charge is -2.05. The Hall–Kier alpha value is 0.380. The molecule has 0 aromatic carbocycles. The standard InChI is InChI=1S/C7H9B2IN2OS/c1-14-3-2-13-4-12-7(9)5(10)6(8)11-12/h2-4H2,1H3. The molecule has 0 N–H and O–H groups in total. The molecule has 0 aliphatic carbocycles. The summed E-state index contributed by atoms with van der Waals surface area (Å²) in [6.07, 6.45) is 2.03. The van der Waals surface area contributed by atoms with Crippen molar-refractivity contribution in [1.29, 1.82) is 0 Å². The zero-order chi connectivity index (χ0) is 10.6. The van der Waals surface area contributed by atoms with Crippen LogP contribution in [0.5, 0.6) is 0 Å². The first-order valence-corrected chi connectivity index (χ1v) is 6.48. The predicted molar refractivity (Wildman–Crippen MR) is 70.1 cm³/mol. The van der Waals surface area contributed by atoms with Crippen LogP contribution in [0.25, 0.3) is 0 Å². The van der Waals surface area contributed by atoms with E-state index in [9.17, 15) is 0 Å². The normalized spacial score (nSPS) is 10.7. The van der Waals surface area contributed by atoms with Crippen LogP contribution in [0, 0.1) is 3.57 Å². The van der Waals surface area contributed by atoms with Gasteiger partial charge >= 0.3 is 0 Å². The molecule has 0 atom stereocenters. The molecule has 72 valence electrons. The van der Waals surface area contributed by atoms with Crippen LogP contribution in [-0.2, 0) is 11.5 Å². The van der Waals surface area contributed by atoms with Gasteiger partial charge in [-0.05, 0) is 28.8 Å². The Labute approximate surface area is 104 Å². The summed E-state index contributed by atoms with van der Waals surface area (Å²) in [6, 6.07) is 0. The summed E-state index contributed by atoms with van der Waals surface area (Å²) in [6.45, 7) is 1.05. The van der Waals surface area contributed by atoms with Gasteiger partial charge in [-0.15, -0.1) is 0 Å². The van der Waals surface area contributed by atoms with E-state index in [1.165, 1.54) is 0 Å². The molecule has 14 heavy (non-hydrogen) atoms. The summed E-state index contributed by atoms with van der Waals surface area (Å²) < 4.78 is 7.70. The smallest absolute Gasteiger partial charge is 0.145 e. The van der Waals surface area contributed by atoms with Crippen LogP contribution >= 0.6 is 34.4 Å². The molecule has 0 aliphatic rings. The first kappa shape index (κ1) is 12.4. The second-order valence-electron chi connectivity index (χ2n) is 2.61. The zero-order valence-electron chi connectivity index (χ0n) is 7.86. The van der Waals surface area contributed by atoms with E-state index in [2.05, 4.69) is 27.7 Å². The highest BCUT2D eigenvalue weighted by atomic mass is 127. The van der Waals surface area contributed by atoms with Crippen LogP contribution in [0.3, 0.4) is 0 Å². The fourth-order valence-electron chi connectivity index (χ4n) is 0.864. The minimum atomic E-state index is 0.361. The van der Waals surface area contributed by atoms with Crippen molar-refractivity contribution >= 4 is 61.2 Å². The van der Waals surface area contributed by atoms with Crippen LogP contribution in [0.1, 0.15) is 0 Å². The zero-order valence-corrected chi connectivity index (χ0v) is 10.8. The molecular formula is C7H9B2IN2OS. The number of hydrogen-bond donors (Lipinski definition) is 0. The Morgan fingerprint density at radius 3 is 2.79 bits per heavy atom. The minimum absolute atomic E-state index is 0.361. The van der Waals surface area contributed by atoms with Gasteiger partial charge in [0.2, 0.25) is 0 Å². The summed E-state index contributed by atoms with van der Waals surface area (Å²) in [7, 11) is 11.3. The number of rotatable bonds is 5. The topological polar surface area (TPSA) is 27.1 Å². The first-order valence-electron chi connectivity index (χ1n) is 4.00. The van der Waals surface area contributed by atoms with E-state index in [1.807, 2.05) is 6.26 Å². The number of thioether (sulfide) groups is 1. The molecule has 0 fully saturated rings. The number of aromatic nitrogens is 2. The van der Waals surface area contributed by atoms with E-state index >= 15 is 0 Å². The van der Waals surface area contributed by atoms with Gasteiger partial charge in [-0.2, -0.15) is 16.9 Å². The summed E-state index contributed by atoms with van der Waals surface area (Å²) in [5.41, 5.74) is 1.02. The van der Waals surface area contributed by atoms with Gasteiger partial charge in [0.25, 0.3) is 0 Å².